The molecule has 0 radical (unpaired) electrons. The minimum Gasteiger partial charge on any atom is -0.494 e. The van der Waals surface area contributed by atoms with Crippen LogP contribution in [0, 0.1) is 0 Å². The molecule has 0 aliphatic rings. The fourth-order valence-corrected chi connectivity index (χ4v) is 3.44. The lowest BCUT2D eigenvalue weighted by Crippen LogP contribution is -2.19. The third-order valence-corrected chi connectivity index (χ3v) is 5.19. The van der Waals surface area contributed by atoms with Crippen molar-refractivity contribution in [1.82, 2.24) is 39.3 Å². The van der Waals surface area contributed by atoms with Crippen LogP contribution in [0.25, 0.3) is 28.3 Å². The van der Waals surface area contributed by atoms with E-state index in [9.17, 15) is 0 Å². The molecule has 4 heterocycles. The van der Waals surface area contributed by atoms with Crippen molar-refractivity contribution in [2.45, 2.75) is 12.5 Å². The maximum atomic E-state index is 15.6. The highest BCUT2D eigenvalue weighted by molar-refractivity contribution is 5.61. The number of methoxy groups -OCH3 is 1. The molecule has 0 saturated heterocycles. The number of aromatic nitrogens is 8. The summed E-state index contributed by atoms with van der Waals surface area (Å²) in [6.45, 7) is 0.251. The van der Waals surface area contributed by atoms with Crippen LogP contribution in [-0.4, -0.2) is 58.2 Å². The van der Waals surface area contributed by atoms with Crippen LogP contribution in [-0.2, 0) is 12.5 Å². The van der Waals surface area contributed by atoms with Gasteiger partial charge < -0.3 is 9.84 Å². The molecule has 0 spiro atoms. The Morgan fingerprint density at radius 3 is 2.53 bits per heavy atom. The third kappa shape index (κ3) is 3.83. The van der Waals surface area contributed by atoms with Gasteiger partial charge in [0.2, 0.25) is 5.82 Å². The molecule has 34 heavy (non-hydrogen) atoms. The summed E-state index contributed by atoms with van der Waals surface area (Å²) in [6, 6.07) is 5.78. The van der Waals surface area contributed by atoms with E-state index in [4.69, 9.17) is 9.84 Å². The zero-order valence-electron chi connectivity index (χ0n) is 17.9. The quantitative estimate of drug-likeness (QED) is 0.391. The molecule has 1 N–H and O–H groups in total. The van der Waals surface area contributed by atoms with Crippen molar-refractivity contribution in [3.05, 3.63) is 72.8 Å². The molecular formula is C22H18F2N8O2. The second-order valence-corrected chi connectivity index (χ2v) is 7.35. The van der Waals surface area contributed by atoms with Gasteiger partial charge >= 0.3 is 5.92 Å². The zero-order chi connectivity index (χ0) is 23.7. The lowest BCUT2D eigenvalue weighted by Gasteiger charge is -2.16. The molecule has 0 amide bonds. The molecule has 5 aromatic rings. The van der Waals surface area contributed by atoms with E-state index in [1.807, 2.05) is 0 Å². The Morgan fingerprint density at radius 2 is 1.76 bits per heavy atom. The number of aliphatic hydroxyl groups excluding tert-OH is 1. The molecule has 12 heteroatoms. The number of nitrogens with zero attached hydrogens (tertiary/aromatic N) is 8. The highest BCUT2D eigenvalue weighted by Gasteiger charge is 2.40. The number of hydrogen-bond acceptors (Lipinski definition) is 8. The normalized spacial score (nSPS) is 11.8. The molecule has 4 aromatic heterocycles. The van der Waals surface area contributed by atoms with Gasteiger partial charge in [0.25, 0.3) is 5.78 Å². The van der Waals surface area contributed by atoms with Gasteiger partial charge in [-0.05, 0) is 6.07 Å². The van der Waals surface area contributed by atoms with Crippen molar-refractivity contribution >= 4 is 5.78 Å². The molecular weight excluding hydrogens is 446 g/mol. The summed E-state index contributed by atoms with van der Waals surface area (Å²) in [6.07, 6.45) is 9.19. The summed E-state index contributed by atoms with van der Waals surface area (Å²) < 4.78 is 39.1. The number of hydrogen-bond donors (Lipinski definition) is 1. The van der Waals surface area contributed by atoms with Gasteiger partial charge in [-0.2, -0.15) is 13.9 Å². The number of ether oxygens (including phenoxy) is 1. The molecule has 172 valence electrons. The first kappa shape index (κ1) is 21.5. The monoisotopic (exact) mass is 464 g/mol. The van der Waals surface area contributed by atoms with Gasteiger partial charge in [-0.25, -0.2) is 15.0 Å². The van der Waals surface area contributed by atoms with Gasteiger partial charge in [-0.15, -0.1) is 10.2 Å². The van der Waals surface area contributed by atoms with Gasteiger partial charge in [0, 0.05) is 40.8 Å². The molecule has 0 bridgehead atoms. The van der Waals surface area contributed by atoms with Crippen molar-refractivity contribution in [2.24, 2.45) is 0 Å². The average molecular weight is 464 g/mol. The molecule has 0 aliphatic heterocycles. The summed E-state index contributed by atoms with van der Waals surface area (Å²) >= 11 is 0. The van der Waals surface area contributed by atoms with Crippen molar-refractivity contribution in [3.63, 3.8) is 0 Å². The van der Waals surface area contributed by atoms with Crippen molar-refractivity contribution in [3.8, 4) is 28.3 Å². The van der Waals surface area contributed by atoms with Crippen molar-refractivity contribution in [1.29, 1.82) is 0 Å². The highest BCUT2D eigenvalue weighted by atomic mass is 19.3. The first-order valence-corrected chi connectivity index (χ1v) is 10.2. The lowest BCUT2D eigenvalue weighted by molar-refractivity contribution is 0.0317. The Bertz CT molecular complexity index is 1450. The summed E-state index contributed by atoms with van der Waals surface area (Å²) in [5, 5.41) is 20.8. The van der Waals surface area contributed by atoms with Crippen LogP contribution >= 0.6 is 0 Å². The molecule has 0 saturated carbocycles. The Hall–Kier alpha value is -4.32. The van der Waals surface area contributed by atoms with Gasteiger partial charge in [-0.3, -0.25) is 9.08 Å². The van der Waals surface area contributed by atoms with Crippen LogP contribution in [0.5, 0.6) is 5.75 Å². The number of benzene rings is 1. The first-order valence-electron chi connectivity index (χ1n) is 10.2. The Morgan fingerprint density at radius 1 is 0.971 bits per heavy atom. The van der Waals surface area contributed by atoms with Crippen LogP contribution in [0.4, 0.5) is 8.78 Å². The number of alkyl halides is 2. The zero-order valence-corrected chi connectivity index (χ0v) is 17.9. The molecule has 0 aliphatic carbocycles. The summed E-state index contributed by atoms with van der Waals surface area (Å²) in [5.41, 5.74) is 1.34. The van der Waals surface area contributed by atoms with Crippen LogP contribution in [0.3, 0.4) is 0 Å². The van der Waals surface area contributed by atoms with E-state index in [0.29, 0.717) is 29.0 Å². The smallest absolute Gasteiger partial charge is 0.332 e. The average Bonchev–Trinajstić information content (AvgIpc) is 3.51. The van der Waals surface area contributed by atoms with Crippen molar-refractivity contribution < 1.29 is 18.6 Å². The Kier molecular flexibility index (Phi) is 5.42. The fraction of sp³-hybridized carbons (Fsp3) is 0.182. The largest absolute Gasteiger partial charge is 0.494 e. The molecule has 1 aromatic carbocycles. The minimum absolute atomic E-state index is 0.0378. The van der Waals surface area contributed by atoms with E-state index in [2.05, 4.69) is 30.2 Å². The Labute approximate surface area is 191 Å². The summed E-state index contributed by atoms with van der Waals surface area (Å²) in [5.74, 6) is -3.27. The second kappa shape index (κ2) is 8.56. The fourth-order valence-electron chi connectivity index (χ4n) is 3.44. The number of halogens is 2. The number of rotatable bonds is 7. The molecule has 5 rings (SSSR count). The maximum absolute atomic E-state index is 15.6. The second-order valence-electron chi connectivity index (χ2n) is 7.35. The summed E-state index contributed by atoms with van der Waals surface area (Å²) in [4.78, 5) is 12.5. The van der Waals surface area contributed by atoms with Crippen LogP contribution in [0.1, 0.15) is 11.4 Å². The molecule has 0 atom stereocenters. The SMILES string of the molecule is COc1cnc(-c2cccc(C(F)(F)c3nnc4ncc(-c5cnn(CCO)c5)cn34)c2)nc1. The Balaban J connectivity index is 1.53. The van der Waals surface area contributed by atoms with E-state index in [0.717, 1.165) is 4.40 Å². The van der Waals surface area contributed by atoms with Crippen LogP contribution in [0.2, 0.25) is 0 Å². The topological polar surface area (TPSA) is 116 Å². The van der Waals surface area contributed by atoms with E-state index in [-0.39, 0.29) is 23.8 Å². The maximum Gasteiger partial charge on any atom is 0.332 e. The van der Waals surface area contributed by atoms with Crippen LogP contribution in [0.15, 0.2) is 61.4 Å². The van der Waals surface area contributed by atoms with Gasteiger partial charge in [0.05, 0.1) is 38.9 Å². The standard InChI is InChI=1S/C22H18F2N8O2/c1-34-18-10-25-19(26-11-18)14-3-2-4-17(7-14)22(23,24)20-29-30-21-27-8-15(13-32(20)21)16-9-28-31(12-16)5-6-33/h2-4,7-13,33H,5-6H2,1H3. The van der Waals surface area contributed by atoms with E-state index in [1.54, 1.807) is 23.1 Å². The van der Waals surface area contributed by atoms with E-state index in [1.165, 1.54) is 50.1 Å². The van der Waals surface area contributed by atoms with E-state index < -0.39 is 11.7 Å². The van der Waals surface area contributed by atoms with Gasteiger partial charge in [0.1, 0.15) is 0 Å². The van der Waals surface area contributed by atoms with Crippen molar-refractivity contribution in [2.75, 3.05) is 13.7 Å². The molecule has 0 unspecified atom stereocenters. The van der Waals surface area contributed by atoms with E-state index >= 15 is 8.78 Å². The van der Waals surface area contributed by atoms with Gasteiger partial charge in [0.15, 0.2) is 11.6 Å². The van der Waals surface area contributed by atoms with Gasteiger partial charge in [-0.1, -0.05) is 18.2 Å². The molecule has 0 fully saturated rings. The third-order valence-electron chi connectivity index (χ3n) is 5.19. The predicted octanol–water partition coefficient (Wildman–Crippen LogP) is 2.59. The lowest BCUT2D eigenvalue weighted by atomic mass is 10.0. The highest BCUT2D eigenvalue weighted by Crippen LogP contribution is 2.36. The molecule has 10 nitrogen and oxygen atoms in total. The summed E-state index contributed by atoms with van der Waals surface area (Å²) in [7, 11) is 1.49. The minimum atomic E-state index is -3.48. The first-order chi connectivity index (χ1) is 16.5. The predicted molar refractivity (Wildman–Crippen MR) is 116 cm³/mol. The van der Waals surface area contributed by atoms with Crippen LogP contribution < -0.4 is 4.74 Å². The number of fused-ring (bicyclic) bond motifs is 1. The number of aliphatic hydroxyl groups is 1.